The zero-order chi connectivity index (χ0) is 16.8. The van der Waals surface area contributed by atoms with Crippen molar-refractivity contribution >= 4 is 39.2 Å². The minimum atomic E-state index is -0.721. The Labute approximate surface area is 143 Å². The van der Waals surface area contributed by atoms with Gasteiger partial charge in [-0.25, -0.2) is 4.98 Å². The molecule has 1 aromatic heterocycles. The molecule has 7 heteroatoms. The second kappa shape index (κ2) is 7.73. The number of aromatic nitrogens is 1. The number of nitrogens with zero attached hydrogens (tertiary/aromatic N) is 2. The Kier molecular flexibility index (Phi) is 5.70. The average Bonchev–Trinajstić information content (AvgIpc) is 2.54. The van der Waals surface area contributed by atoms with Crippen molar-refractivity contribution in [2.45, 2.75) is 6.54 Å². The smallest absolute Gasteiger partial charge is 0.313 e. The molecule has 2 amide bonds. The van der Waals surface area contributed by atoms with Crippen LogP contribution in [-0.4, -0.2) is 30.9 Å². The number of hydrogen-bond donors (Lipinski definition) is 2. The predicted octanol–water partition coefficient (Wildman–Crippen LogP) is 2.16. The van der Waals surface area contributed by atoms with E-state index in [0.717, 1.165) is 15.9 Å². The molecule has 1 aromatic carbocycles. The highest BCUT2D eigenvalue weighted by Crippen LogP contribution is 2.12. The van der Waals surface area contributed by atoms with E-state index in [1.54, 1.807) is 12.1 Å². The van der Waals surface area contributed by atoms with Crippen molar-refractivity contribution in [1.29, 1.82) is 0 Å². The zero-order valence-corrected chi connectivity index (χ0v) is 14.4. The molecule has 0 radical (unpaired) electrons. The van der Waals surface area contributed by atoms with Crippen molar-refractivity contribution in [2.24, 2.45) is 0 Å². The number of anilines is 2. The molecule has 6 nitrogen and oxygen atoms in total. The van der Waals surface area contributed by atoms with Crippen LogP contribution in [0, 0.1) is 0 Å². The van der Waals surface area contributed by atoms with Gasteiger partial charge in [0.05, 0.1) is 11.9 Å². The van der Waals surface area contributed by atoms with Crippen molar-refractivity contribution < 1.29 is 9.59 Å². The Balaban J connectivity index is 1.87. The number of rotatable bonds is 4. The van der Waals surface area contributed by atoms with Crippen LogP contribution in [0.25, 0.3) is 0 Å². The van der Waals surface area contributed by atoms with Crippen LogP contribution in [0.3, 0.4) is 0 Å². The molecule has 2 N–H and O–H groups in total. The van der Waals surface area contributed by atoms with Gasteiger partial charge < -0.3 is 15.5 Å². The molecule has 1 heterocycles. The Hall–Kier alpha value is -2.41. The second-order valence-corrected chi connectivity index (χ2v) is 5.98. The fourth-order valence-electron chi connectivity index (χ4n) is 1.78. The topological polar surface area (TPSA) is 74.3 Å². The van der Waals surface area contributed by atoms with Crippen LogP contribution in [-0.2, 0) is 16.1 Å². The monoisotopic (exact) mass is 376 g/mol. The number of benzene rings is 1. The molecule has 0 aliphatic heterocycles. The van der Waals surface area contributed by atoms with E-state index in [1.807, 2.05) is 43.3 Å². The first kappa shape index (κ1) is 17.0. The lowest BCUT2D eigenvalue weighted by molar-refractivity contribution is -0.136. The van der Waals surface area contributed by atoms with Crippen molar-refractivity contribution in [3.63, 3.8) is 0 Å². The minimum absolute atomic E-state index is 0.289. The lowest BCUT2D eigenvalue weighted by Crippen LogP contribution is -2.35. The first-order chi connectivity index (χ1) is 11.0. The van der Waals surface area contributed by atoms with Gasteiger partial charge in [0.25, 0.3) is 0 Å². The number of carbonyl (C=O) groups is 2. The summed E-state index contributed by atoms with van der Waals surface area (Å²) in [4.78, 5) is 29.7. The quantitative estimate of drug-likeness (QED) is 0.801. The SMILES string of the molecule is CN(C)c1ccc(NC(=O)C(=O)NCc2ccc(Br)cc2)cn1. The summed E-state index contributed by atoms with van der Waals surface area (Å²) in [5.41, 5.74) is 1.38. The van der Waals surface area contributed by atoms with Crippen molar-refractivity contribution in [3.8, 4) is 0 Å². The fraction of sp³-hybridized carbons (Fsp3) is 0.188. The molecular weight excluding hydrogens is 360 g/mol. The Morgan fingerprint density at radius 2 is 1.78 bits per heavy atom. The van der Waals surface area contributed by atoms with Gasteiger partial charge in [-0.2, -0.15) is 0 Å². The van der Waals surface area contributed by atoms with E-state index in [9.17, 15) is 9.59 Å². The van der Waals surface area contributed by atoms with Gasteiger partial charge in [0.15, 0.2) is 0 Å². The van der Waals surface area contributed by atoms with Crippen LogP contribution in [0.15, 0.2) is 47.1 Å². The number of carbonyl (C=O) groups excluding carboxylic acids is 2. The summed E-state index contributed by atoms with van der Waals surface area (Å²) in [7, 11) is 3.74. The van der Waals surface area contributed by atoms with E-state index in [1.165, 1.54) is 6.20 Å². The molecule has 0 unspecified atom stereocenters. The van der Waals surface area contributed by atoms with Crippen LogP contribution < -0.4 is 15.5 Å². The lowest BCUT2D eigenvalue weighted by Gasteiger charge is -2.11. The van der Waals surface area contributed by atoms with Crippen LogP contribution in [0.4, 0.5) is 11.5 Å². The molecule has 120 valence electrons. The average molecular weight is 377 g/mol. The number of nitrogens with one attached hydrogen (secondary N) is 2. The van der Waals surface area contributed by atoms with E-state index in [-0.39, 0.29) is 6.54 Å². The van der Waals surface area contributed by atoms with Crippen LogP contribution in [0.5, 0.6) is 0 Å². The van der Waals surface area contributed by atoms with Crippen molar-refractivity contribution in [1.82, 2.24) is 10.3 Å². The van der Waals surface area contributed by atoms with Gasteiger partial charge in [-0.1, -0.05) is 28.1 Å². The van der Waals surface area contributed by atoms with E-state index in [4.69, 9.17) is 0 Å². The molecule has 2 rings (SSSR count). The Morgan fingerprint density at radius 1 is 1.09 bits per heavy atom. The highest BCUT2D eigenvalue weighted by molar-refractivity contribution is 9.10. The first-order valence-corrected chi connectivity index (χ1v) is 7.72. The third-order valence-electron chi connectivity index (χ3n) is 3.04. The van der Waals surface area contributed by atoms with Crippen LogP contribution in [0.1, 0.15) is 5.56 Å². The summed E-state index contributed by atoms with van der Waals surface area (Å²) in [5.74, 6) is -0.645. The highest BCUT2D eigenvalue weighted by Gasteiger charge is 2.13. The number of amides is 2. The van der Waals surface area contributed by atoms with Gasteiger partial charge in [-0.3, -0.25) is 9.59 Å². The second-order valence-electron chi connectivity index (χ2n) is 5.06. The van der Waals surface area contributed by atoms with E-state index < -0.39 is 11.8 Å². The molecular formula is C16H17BrN4O2. The molecule has 0 atom stereocenters. The Bertz CT molecular complexity index is 684. The van der Waals surface area contributed by atoms with E-state index >= 15 is 0 Å². The highest BCUT2D eigenvalue weighted by atomic mass is 79.9. The van der Waals surface area contributed by atoms with Gasteiger partial charge >= 0.3 is 11.8 Å². The fourth-order valence-corrected chi connectivity index (χ4v) is 2.04. The largest absolute Gasteiger partial charge is 0.363 e. The first-order valence-electron chi connectivity index (χ1n) is 6.92. The van der Waals surface area contributed by atoms with Crippen molar-refractivity contribution in [2.75, 3.05) is 24.3 Å². The van der Waals surface area contributed by atoms with Gasteiger partial charge in [-0.15, -0.1) is 0 Å². The van der Waals surface area contributed by atoms with Gasteiger partial charge in [0.2, 0.25) is 0 Å². The van der Waals surface area contributed by atoms with Gasteiger partial charge in [0.1, 0.15) is 5.82 Å². The molecule has 23 heavy (non-hydrogen) atoms. The lowest BCUT2D eigenvalue weighted by atomic mass is 10.2. The summed E-state index contributed by atoms with van der Waals surface area (Å²) < 4.78 is 0.957. The van der Waals surface area contributed by atoms with Crippen LogP contribution in [0.2, 0.25) is 0 Å². The molecule has 0 saturated heterocycles. The summed E-state index contributed by atoms with van der Waals surface area (Å²) in [5, 5.41) is 5.09. The summed E-state index contributed by atoms with van der Waals surface area (Å²) in [6.45, 7) is 0.289. The number of halogens is 1. The molecule has 0 aliphatic rings. The molecule has 0 saturated carbocycles. The third-order valence-corrected chi connectivity index (χ3v) is 3.57. The summed E-state index contributed by atoms with van der Waals surface area (Å²) in [6.07, 6.45) is 1.51. The third kappa shape index (κ3) is 5.07. The minimum Gasteiger partial charge on any atom is -0.363 e. The standard InChI is InChI=1S/C16H17BrN4O2/c1-21(2)14-8-7-13(10-18-14)20-16(23)15(22)19-9-11-3-5-12(17)6-4-11/h3-8,10H,9H2,1-2H3,(H,19,22)(H,20,23). The van der Waals surface area contributed by atoms with Crippen LogP contribution >= 0.6 is 15.9 Å². The van der Waals surface area contributed by atoms with Gasteiger partial charge in [-0.05, 0) is 29.8 Å². The van der Waals surface area contributed by atoms with E-state index in [0.29, 0.717) is 5.69 Å². The molecule has 0 bridgehead atoms. The van der Waals surface area contributed by atoms with Crippen molar-refractivity contribution in [3.05, 3.63) is 52.6 Å². The van der Waals surface area contributed by atoms with Gasteiger partial charge in [0, 0.05) is 25.1 Å². The summed E-state index contributed by atoms with van der Waals surface area (Å²) >= 11 is 3.34. The molecule has 0 spiro atoms. The van der Waals surface area contributed by atoms with E-state index in [2.05, 4.69) is 31.5 Å². The Morgan fingerprint density at radius 3 is 2.35 bits per heavy atom. The number of pyridine rings is 1. The maximum atomic E-state index is 11.8. The maximum Gasteiger partial charge on any atom is 0.313 e. The molecule has 0 aliphatic carbocycles. The summed E-state index contributed by atoms with van der Waals surface area (Å²) in [6, 6.07) is 10.9. The normalized spacial score (nSPS) is 10.0. The molecule has 2 aromatic rings. The molecule has 0 fully saturated rings. The zero-order valence-electron chi connectivity index (χ0n) is 12.8. The maximum absolute atomic E-state index is 11.8. The number of hydrogen-bond acceptors (Lipinski definition) is 4. The predicted molar refractivity (Wildman–Crippen MR) is 93.2 cm³/mol.